The van der Waals surface area contributed by atoms with Gasteiger partial charge in [0.15, 0.2) is 0 Å². The van der Waals surface area contributed by atoms with E-state index in [9.17, 15) is 9.59 Å². The summed E-state index contributed by atoms with van der Waals surface area (Å²) in [4.78, 5) is 29.5. The molecule has 0 spiro atoms. The number of para-hydroxylation sites is 1. The van der Waals surface area contributed by atoms with Crippen molar-refractivity contribution in [2.75, 3.05) is 5.32 Å². The number of benzene rings is 1. The highest BCUT2D eigenvalue weighted by Crippen LogP contribution is 2.32. The normalized spacial score (nSPS) is 10.7. The molecule has 3 N–H and O–H groups in total. The number of hydrogen-bond acceptors (Lipinski definition) is 4. The molecule has 3 aromatic rings. The van der Waals surface area contributed by atoms with Gasteiger partial charge in [-0.05, 0) is 31.5 Å². The number of hydrogen-bond donors (Lipinski definition) is 2. The van der Waals surface area contributed by atoms with Gasteiger partial charge in [0, 0.05) is 16.5 Å². The van der Waals surface area contributed by atoms with Crippen molar-refractivity contribution in [3.05, 3.63) is 58.1 Å². The van der Waals surface area contributed by atoms with E-state index in [-0.39, 0.29) is 5.91 Å². The van der Waals surface area contributed by atoms with Crippen molar-refractivity contribution >= 4 is 39.1 Å². The van der Waals surface area contributed by atoms with Crippen LogP contribution in [0.2, 0.25) is 0 Å². The van der Waals surface area contributed by atoms with Gasteiger partial charge in [-0.15, -0.1) is 11.3 Å². The number of pyridine rings is 1. The SMILES string of the molecule is Cc1sc(NC(=O)c2ccnc3ccccc23)c(C(N)=O)c1C. The smallest absolute Gasteiger partial charge is 0.257 e. The van der Waals surface area contributed by atoms with Gasteiger partial charge in [-0.2, -0.15) is 0 Å². The average molecular weight is 325 g/mol. The molecule has 6 heteroatoms. The second-order valence-electron chi connectivity index (χ2n) is 5.18. The standard InChI is InChI=1S/C17H15N3O2S/c1-9-10(2)23-17(14(9)15(18)21)20-16(22)12-7-8-19-13-6-4-3-5-11(12)13/h3-8H,1-2H3,(H2,18,21)(H,20,22). The van der Waals surface area contributed by atoms with E-state index < -0.39 is 5.91 Å². The molecule has 0 radical (unpaired) electrons. The van der Waals surface area contributed by atoms with Crippen LogP contribution in [0.4, 0.5) is 5.00 Å². The summed E-state index contributed by atoms with van der Waals surface area (Å²) in [6.07, 6.45) is 1.59. The lowest BCUT2D eigenvalue weighted by molar-refractivity contribution is 0.100. The fraction of sp³-hybridized carbons (Fsp3) is 0.118. The van der Waals surface area contributed by atoms with Crippen molar-refractivity contribution in [2.24, 2.45) is 5.73 Å². The second-order valence-corrected chi connectivity index (χ2v) is 6.41. The van der Waals surface area contributed by atoms with E-state index in [0.717, 1.165) is 21.3 Å². The molecule has 0 fully saturated rings. The lowest BCUT2D eigenvalue weighted by atomic mass is 10.1. The number of thiophene rings is 1. The van der Waals surface area contributed by atoms with Crippen molar-refractivity contribution in [1.82, 2.24) is 4.98 Å². The predicted molar refractivity (Wildman–Crippen MR) is 92.0 cm³/mol. The number of aryl methyl sites for hydroxylation is 1. The third kappa shape index (κ3) is 2.68. The summed E-state index contributed by atoms with van der Waals surface area (Å²) in [5.74, 6) is -0.825. The minimum absolute atomic E-state index is 0.285. The van der Waals surface area contributed by atoms with Crippen LogP contribution in [0.1, 0.15) is 31.2 Å². The monoisotopic (exact) mass is 325 g/mol. The Bertz CT molecular complexity index is 925. The van der Waals surface area contributed by atoms with E-state index in [0.29, 0.717) is 16.1 Å². The van der Waals surface area contributed by atoms with E-state index >= 15 is 0 Å². The van der Waals surface area contributed by atoms with Crippen LogP contribution in [-0.2, 0) is 0 Å². The number of rotatable bonds is 3. The van der Waals surface area contributed by atoms with E-state index in [1.807, 2.05) is 38.1 Å². The summed E-state index contributed by atoms with van der Waals surface area (Å²) >= 11 is 1.35. The number of nitrogens with zero attached hydrogens (tertiary/aromatic N) is 1. The fourth-order valence-electron chi connectivity index (χ4n) is 2.48. The second kappa shape index (κ2) is 5.81. The van der Waals surface area contributed by atoms with E-state index in [1.165, 1.54) is 11.3 Å². The molecule has 0 aliphatic carbocycles. The quantitative estimate of drug-likeness (QED) is 0.775. The topological polar surface area (TPSA) is 85.1 Å². The summed E-state index contributed by atoms with van der Waals surface area (Å²) in [5.41, 5.74) is 7.87. The maximum Gasteiger partial charge on any atom is 0.257 e. The highest BCUT2D eigenvalue weighted by molar-refractivity contribution is 7.16. The van der Waals surface area contributed by atoms with Gasteiger partial charge in [0.2, 0.25) is 0 Å². The number of amides is 2. The zero-order valence-corrected chi connectivity index (χ0v) is 13.5. The number of anilines is 1. The zero-order valence-electron chi connectivity index (χ0n) is 12.7. The van der Waals surface area contributed by atoms with E-state index in [1.54, 1.807) is 12.3 Å². The summed E-state index contributed by atoms with van der Waals surface area (Å²) in [6.45, 7) is 3.72. The number of primary amides is 1. The number of fused-ring (bicyclic) bond motifs is 1. The molecule has 116 valence electrons. The number of carbonyl (C=O) groups is 2. The molecular formula is C17H15N3O2S. The molecule has 0 unspecified atom stereocenters. The van der Waals surface area contributed by atoms with Crippen molar-refractivity contribution in [1.29, 1.82) is 0 Å². The Morgan fingerprint density at radius 1 is 1.17 bits per heavy atom. The van der Waals surface area contributed by atoms with Crippen LogP contribution in [0.5, 0.6) is 0 Å². The highest BCUT2D eigenvalue weighted by Gasteiger charge is 2.20. The number of nitrogens with one attached hydrogen (secondary N) is 1. The number of carbonyl (C=O) groups excluding carboxylic acids is 2. The molecule has 3 rings (SSSR count). The first-order valence-corrected chi connectivity index (χ1v) is 7.85. The zero-order chi connectivity index (χ0) is 16.6. The van der Waals surface area contributed by atoms with Crippen LogP contribution >= 0.6 is 11.3 Å². The predicted octanol–water partition coefficient (Wildman–Crippen LogP) is 3.26. The molecule has 2 aromatic heterocycles. The Hall–Kier alpha value is -2.73. The molecule has 2 amide bonds. The van der Waals surface area contributed by atoms with Crippen LogP contribution in [0, 0.1) is 13.8 Å². The van der Waals surface area contributed by atoms with E-state index in [2.05, 4.69) is 10.3 Å². The number of aromatic nitrogens is 1. The van der Waals surface area contributed by atoms with Crippen molar-refractivity contribution in [2.45, 2.75) is 13.8 Å². The Morgan fingerprint density at radius 2 is 1.91 bits per heavy atom. The Labute approximate surface area is 137 Å². The molecule has 1 aromatic carbocycles. The molecule has 0 bridgehead atoms. The fourth-order valence-corrected chi connectivity index (χ4v) is 3.54. The first-order chi connectivity index (χ1) is 11.0. The van der Waals surface area contributed by atoms with Gasteiger partial charge in [0.05, 0.1) is 16.6 Å². The molecular weight excluding hydrogens is 310 g/mol. The molecule has 0 saturated carbocycles. The first-order valence-electron chi connectivity index (χ1n) is 7.04. The summed E-state index contributed by atoms with van der Waals surface area (Å²) in [5, 5.41) is 4.06. The van der Waals surface area contributed by atoms with Gasteiger partial charge in [0.25, 0.3) is 11.8 Å². The Kier molecular flexibility index (Phi) is 3.83. The molecule has 0 aliphatic heterocycles. The minimum Gasteiger partial charge on any atom is -0.365 e. The third-order valence-corrected chi connectivity index (χ3v) is 4.88. The minimum atomic E-state index is -0.540. The molecule has 23 heavy (non-hydrogen) atoms. The van der Waals surface area contributed by atoms with Gasteiger partial charge in [0.1, 0.15) is 5.00 Å². The summed E-state index contributed by atoms with van der Waals surface area (Å²) in [7, 11) is 0. The maximum absolute atomic E-state index is 12.6. The van der Waals surface area contributed by atoms with Crippen LogP contribution in [0.3, 0.4) is 0 Å². The lowest BCUT2D eigenvalue weighted by Crippen LogP contribution is -2.17. The van der Waals surface area contributed by atoms with Crippen molar-refractivity contribution in [3.8, 4) is 0 Å². The van der Waals surface area contributed by atoms with Gasteiger partial charge >= 0.3 is 0 Å². The molecule has 0 aliphatic rings. The summed E-state index contributed by atoms with van der Waals surface area (Å²) < 4.78 is 0. The van der Waals surface area contributed by atoms with Gasteiger partial charge in [-0.3, -0.25) is 14.6 Å². The Morgan fingerprint density at radius 3 is 2.65 bits per heavy atom. The van der Waals surface area contributed by atoms with Crippen LogP contribution in [0.15, 0.2) is 36.5 Å². The van der Waals surface area contributed by atoms with Gasteiger partial charge < -0.3 is 11.1 Å². The van der Waals surface area contributed by atoms with Crippen molar-refractivity contribution < 1.29 is 9.59 Å². The number of nitrogens with two attached hydrogens (primary N) is 1. The van der Waals surface area contributed by atoms with E-state index in [4.69, 9.17) is 5.73 Å². The van der Waals surface area contributed by atoms with Gasteiger partial charge in [-0.25, -0.2) is 0 Å². The third-order valence-electron chi connectivity index (χ3n) is 3.75. The van der Waals surface area contributed by atoms with Crippen LogP contribution < -0.4 is 11.1 Å². The van der Waals surface area contributed by atoms with Crippen LogP contribution in [-0.4, -0.2) is 16.8 Å². The molecule has 2 heterocycles. The first kappa shape index (κ1) is 15.2. The Balaban J connectivity index is 2.02. The molecule has 0 atom stereocenters. The summed E-state index contributed by atoms with van der Waals surface area (Å²) in [6, 6.07) is 9.08. The van der Waals surface area contributed by atoms with Crippen molar-refractivity contribution in [3.63, 3.8) is 0 Å². The molecule has 0 saturated heterocycles. The van der Waals surface area contributed by atoms with Gasteiger partial charge in [-0.1, -0.05) is 18.2 Å². The van der Waals surface area contributed by atoms with Crippen LogP contribution in [0.25, 0.3) is 10.9 Å². The lowest BCUT2D eigenvalue weighted by Gasteiger charge is -2.07. The highest BCUT2D eigenvalue weighted by atomic mass is 32.1. The average Bonchev–Trinajstić information content (AvgIpc) is 2.81. The largest absolute Gasteiger partial charge is 0.365 e. The maximum atomic E-state index is 12.6. The molecule has 5 nitrogen and oxygen atoms in total.